The van der Waals surface area contributed by atoms with E-state index < -0.39 is 5.60 Å². The van der Waals surface area contributed by atoms with Gasteiger partial charge in [0.05, 0.1) is 26.9 Å². The highest BCUT2D eigenvalue weighted by Gasteiger charge is 2.22. The van der Waals surface area contributed by atoms with Gasteiger partial charge in [-0.3, -0.25) is 4.79 Å². The van der Waals surface area contributed by atoms with E-state index in [1.165, 1.54) is 33.1 Å². The first kappa shape index (κ1) is 18.4. The molecule has 0 aliphatic rings. The van der Waals surface area contributed by atoms with Crippen LogP contribution in [0.4, 0.5) is 0 Å². The van der Waals surface area contributed by atoms with Crippen LogP contribution in [0.15, 0.2) is 12.1 Å². The first-order valence-electron chi connectivity index (χ1n) is 6.68. The van der Waals surface area contributed by atoms with Crippen LogP contribution in [0.1, 0.15) is 17.3 Å². The third kappa shape index (κ3) is 4.71. The predicted octanol–water partition coefficient (Wildman–Crippen LogP) is 1.56. The Morgan fingerprint density at radius 3 is 2.18 bits per heavy atom. The number of rotatable bonds is 8. The van der Waals surface area contributed by atoms with Crippen molar-refractivity contribution >= 4 is 17.7 Å². The zero-order valence-corrected chi connectivity index (χ0v) is 14.4. The quantitative estimate of drug-likeness (QED) is 0.754. The molecule has 0 spiro atoms. The monoisotopic (exact) mass is 329 g/mol. The first-order valence-corrected chi connectivity index (χ1v) is 8.07. The van der Waals surface area contributed by atoms with E-state index in [-0.39, 0.29) is 12.5 Å². The lowest BCUT2D eigenvalue weighted by molar-refractivity contribution is 0.0724. The van der Waals surface area contributed by atoms with Crippen LogP contribution in [0, 0.1) is 0 Å². The summed E-state index contributed by atoms with van der Waals surface area (Å²) in [6.45, 7) is 1.84. The molecule has 22 heavy (non-hydrogen) atoms. The number of ether oxygens (including phenoxy) is 3. The fraction of sp³-hybridized carbons (Fsp3) is 0.533. The number of carbonyl (C=O) groups is 1. The highest BCUT2D eigenvalue weighted by atomic mass is 32.2. The number of hydrogen-bond donors (Lipinski definition) is 2. The minimum Gasteiger partial charge on any atom is -0.493 e. The maximum Gasteiger partial charge on any atom is 0.251 e. The molecule has 0 saturated heterocycles. The molecule has 0 radical (unpaired) electrons. The van der Waals surface area contributed by atoms with Crippen LogP contribution >= 0.6 is 11.8 Å². The Morgan fingerprint density at radius 2 is 1.77 bits per heavy atom. The number of amides is 1. The van der Waals surface area contributed by atoms with Crippen molar-refractivity contribution in [2.45, 2.75) is 12.5 Å². The molecular weight excluding hydrogens is 306 g/mol. The van der Waals surface area contributed by atoms with Gasteiger partial charge in [0.2, 0.25) is 5.75 Å². The van der Waals surface area contributed by atoms with E-state index in [4.69, 9.17) is 14.2 Å². The Balaban J connectivity index is 2.94. The molecule has 0 aliphatic carbocycles. The van der Waals surface area contributed by atoms with Gasteiger partial charge in [0.25, 0.3) is 5.91 Å². The van der Waals surface area contributed by atoms with Crippen LogP contribution in [-0.2, 0) is 0 Å². The lowest BCUT2D eigenvalue weighted by atomic mass is 10.1. The van der Waals surface area contributed by atoms with Crippen molar-refractivity contribution in [2.24, 2.45) is 0 Å². The second-order valence-corrected chi connectivity index (χ2v) is 5.89. The molecule has 0 fully saturated rings. The second kappa shape index (κ2) is 8.14. The summed E-state index contributed by atoms with van der Waals surface area (Å²) in [5.74, 6) is 1.45. The Labute approximate surface area is 135 Å². The zero-order chi connectivity index (χ0) is 16.8. The van der Waals surface area contributed by atoms with E-state index in [0.717, 1.165) is 0 Å². The SMILES string of the molecule is COc1cc(C(=O)NCC(C)(O)CSC)cc(OC)c1OC. The number of hydrogen-bond acceptors (Lipinski definition) is 6. The molecule has 1 aromatic carbocycles. The molecule has 1 rings (SSSR count). The normalized spacial score (nSPS) is 13.2. The predicted molar refractivity (Wildman–Crippen MR) is 87.4 cm³/mol. The molecule has 6 nitrogen and oxygen atoms in total. The first-order chi connectivity index (χ1) is 10.4. The van der Waals surface area contributed by atoms with Crippen molar-refractivity contribution < 1.29 is 24.1 Å². The maximum atomic E-state index is 12.3. The van der Waals surface area contributed by atoms with Gasteiger partial charge >= 0.3 is 0 Å². The Morgan fingerprint density at radius 1 is 1.23 bits per heavy atom. The summed E-state index contributed by atoms with van der Waals surface area (Å²) in [5.41, 5.74) is -0.593. The minimum absolute atomic E-state index is 0.156. The van der Waals surface area contributed by atoms with E-state index in [2.05, 4.69) is 5.32 Å². The number of aliphatic hydroxyl groups is 1. The van der Waals surface area contributed by atoms with Crippen molar-refractivity contribution in [3.05, 3.63) is 17.7 Å². The fourth-order valence-corrected chi connectivity index (χ4v) is 2.67. The Hall–Kier alpha value is -1.60. The van der Waals surface area contributed by atoms with Crippen molar-refractivity contribution in [2.75, 3.05) is 39.9 Å². The highest BCUT2D eigenvalue weighted by Crippen LogP contribution is 2.38. The van der Waals surface area contributed by atoms with Crippen molar-refractivity contribution in [3.8, 4) is 17.2 Å². The van der Waals surface area contributed by atoms with Crippen molar-refractivity contribution in [1.29, 1.82) is 0 Å². The average molecular weight is 329 g/mol. The van der Waals surface area contributed by atoms with Gasteiger partial charge in [-0.05, 0) is 25.3 Å². The summed E-state index contributed by atoms with van der Waals surface area (Å²) in [4.78, 5) is 12.3. The summed E-state index contributed by atoms with van der Waals surface area (Å²) in [6, 6.07) is 3.14. The molecule has 1 atom stereocenters. The van der Waals surface area contributed by atoms with Gasteiger partial charge < -0.3 is 24.6 Å². The van der Waals surface area contributed by atoms with Gasteiger partial charge in [0.15, 0.2) is 11.5 Å². The van der Waals surface area contributed by atoms with E-state index in [1.54, 1.807) is 19.1 Å². The van der Waals surface area contributed by atoms with Gasteiger partial charge in [0, 0.05) is 17.9 Å². The average Bonchev–Trinajstić information content (AvgIpc) is 2.50. The summed E-state index contributed by atoms with van der Waals surface area (Å²) in [5, 5.41) is 12.8. The van der Waals surface area contributed by atoms with Gasteiger partial charge in [0.1, 0.15) is 0 Å². The van der Waals surface area contributed by atoms with E-state index in [1.807, 2.05) is 6.26 Å². The third-order valence-corrected chi connectivity index (χ3v) is 3.92. The summed E-state index contributed by atoms with van der Waals surface area (Å²) >= 11 is 1.52. The van der Waals surface area contributed by atoms with Crippen molar-refractivity contribution in [1.82, 2.24) is 5.32 Å². The largest absolute Gasteiger partial charge is 0.493 e. The number of methoxy groups -OCH3 is 3. The van der Waals surface area contributed by atoms with E-state index in [0.29, 0.717) is 28.6 Å². The maximum absolute atomic E-state index is 12.3. The molecule has 2 N–H and O–H groups in total. The second-order valence-electron chi connectivity index (χ2n) is 5.03. The minimum atomic E-state index is -0.963. The van der Waals surface area contributed by atoms with Crippen LogP contribution in [0.2, 0.25) is 0 Å². The van der Waals surface area contributed by atoms with Crippen LogP contribution < -0.4 is 19.5 Å². The van der Waals surface area contributed by atoms with Gasteiger partial charge in [-0.1, -0.05) is 0 Å². The van der Waals surface area contributed by atoms with Crippen LogP contribution in [0.5, 0.6) is 17.2 Å². The van der Waals surface area contributed by atoms with E-state index >= 15 is 0 Å². The Kier molecular flexibility index (Phi) is 6.83. The number of benzene rings is 1. The van der Waals surface area contributed by atoms with Gasteiger partial charge in [-0.15, -0.1) is 0 Å². The fourth-order valence-electron chi connectivity index (χ4n) is 1.95. The number of carbonyl (C=O) groups excluding carboxylic acids is 1. The lowest BCUT2D eigenvalue weighted by Gasteiger charge is -2.22. The molecule has 0 bridgehead atoms. The van der Waals surface area contributed by atoms with E-state index in [9.17, 15) is 9.90 Å². The lowest BCUT2D eigenvalue weighted by Crippen LogP contribution is -2.42. The van der Waals surface area contributed by atoms with Crippen LogP contribution in [-0.4, -0.2) is 56.5 Å². The zero-order valence-electron chi connectivity index (χ0n) is 13.6. The standard InChI is InChI=1S/C15H23NO5S/c1-15(18,9-22-5)8-16-14(17)10-6-11(19-2)13(21-4)12(7-10)20-3/h6-7,18H,8-9H2,1-5H3,(H,16,17). The third-order valence-electron chi connectivity index (χ3n) is 3.01. The van der Waals surface area contributed by atoms with Gasteiger partial charge in [-0.2, -0.15) is 11.8 Å². The molecule has 0 saturated carbocycles. The molecule has 1 unspecified atom stereocenters. The van der Waals surface area contributed by atoms with Crippen molar-refractivity contribution in [3.63, 3.8) is 0 Å². The number of thioether (sulfide) groups is 1. The molecule has 0 heterocycles. The molecule has 1 amide bonds. The summed E-state index contributed by atoms with van der Waals surface area (Å²) in [7, 11) is 4.48. The molecular formula is C15H23NO5S. The van der Waals surface area contributed by atoms with Crippen LogP contribution in [0.25, 0.3) is 0 Å². The number of nitrogens with one attached hydrogen (secondary N) is 1. The Bertz CT molecular complexity index is 494. The molecule has 0 aromatic heterocycles. The molecule has 1 aromatic rings. The van der Waals surface area contributed by atoms with Crippen LogP contribution in [0.3, 0.4) is 0 Å². The topological polar surface area (TPSA) is 77.0 Å². The van der Waals surface area contributed by atoms with Gasteiger partial charge in [-0.25, -0.2) is 0 Å². The highest BCUT2D eigenvalue weighted by molar-refractivity contribution is 7.98. The molecule has 7 heteroatoms. The molecule has 0 aliphatic heterocycles. The molecule has 124 valence electrons. The smallest absolute Gasteiger partial charge is 0.251 e. The summed E-state index contributed by atoms with van der Waals surface area (Å²) < 4.78 is 15.6. The summed E-state index contributed by atoms with van der Waals surface area (Å²) in [6.07, 6.45) is 1.90.